The molecule has 2 aliphatic rings. The van der Waals surface area contributed by atoms with Crippen LogP contribution in [0.1, 0.15) is 23.6 Å². The lowest BCUT2D eigenvalue weighted by Crippen LogP contribution is -2.25. The molecule has 0 bridgehead atoms. The second kappa shape index (κ2) is 4.90. The number of benzene rings is 3. The highest BCUT2D eigenvalue weighted by Crippen LogP contribution is 2.68. The van der Waals surface area contributed by atoms with Gasteiger partial charge in [0, 0.05) is 16.0 Å². The second-order valence-electron chi connectivity index (χ2n) is 6.90. The van der Waals surface area contributed by atoms with E-state index in [-0.39, 0.29) is 0 Å². The minimum Gasteiger partial charge on any atom is -0.338 e. The Morgan fingerprint density at radius 3 is 1.88 bits per heavy atom. The second-order valence-corrected chi connectivity index (χ2v) is 8.69. The molecule has 5 rings (SSSR count). The summed E-state index contributed by atoms with van der Waals surface area (Å²) in [4.78, 5) is 0.0529. The predicted octanol–water partition coefficient (Wildman–Crippen LogP) is 4.77. The summed E-state index contributed by atoms with van der Waals surface area (Å²) in [6.07, 6.45) is 0. The first-order valence-corrected chi connectivity index (χ1v) is 9.61. The largest absolute Gasteiger partial charge is 0.338 e. The molecule has 0 saturated carbocycles. The first-order valence-electron chi connectivity index (χ1n) is 8.46. The van der Waals surface area contributed by atoms with Gasteiger partial charge in [0.25, 0.3) is 0 Å². The van der Waals surface area contributed by atoms with Gasteiger partial charge in [0.15, 0.2) is 10.5 Å². The van der Waals surface area contributed by atoms with Gasteiger partial charge in [-0.1, -0.05) is 66.2 Å². The standard InChI is InChI=1S/C22H18O2S/c1-15-11-13-16(14-12-15)25(23)21(2)22(24-21)19-9-5-3-7-17(19)18-8-4-6-10-20(18)22/h3-14H,1-2H3. The molecule has 3 aromatic rings. The topological polar surface area (TPSA) is 29.6 Å². The fourth-order valence-electron chi connectivity index (χ4n) is 4.12. The third-order valence-electron chi connectivity index (χ3n) is 5.44. The molecule has 0 radical (unpaired) electrons. The highest BCUT2D eigenvalue weighted by Gasteiger charge is 2.75. The lowest BCUT2D eigenvalue weighted by atomic mass is 9.93. The van der Waals surface area contributed by atoms with E-state index in [0.717, 1.165) is 21.6 Å². The molecule has 25 heavy (non-hydrogen) atoms. The Morgan fingerprint density at radius 1 is 0.800 bits per heavy atom. The van der Waals surface area contributed by atoms with Crippen LogP contribution in [0.15, 0.2) is 77.7 Å². The van der Waals surface area contributed by atoms with Gasteiger partial charge in [-0.2, -0.15) is 0 Å². The van der Waals surface area contributed by atoms with Gasteiger partial charge in [-0.15, -0.1) is 0 Å². The maximum Gasteiger partial charge on any atom is 0.183 e. The summed E-state index contributed by atoms with van der Waals surface area (Å²) in [5, 5.41) is 0. The molecule has 0 amide bonds. The lowest BCUT2D eigenvalue weighted by molar-refractivity contribution is 0.325. The van der Waals surface area contributed by atoms with Gasteiger partial charge < -0.3 is 4.74 Å². The first-order chi connectivity index (χ1) is 12.1. The van der Waals surface area contributed by atoms with Crippen LogP contribution >= 0.6 is 0 Å². The zero-order valence-corrected chi connectivity index (χ0v) is 15.0. The van der Waals surface area contributed by atoms with Gasteiger partial charge in [-0.25, -0.2) is 0 Å². The molecule has 1 aliphatic carbocycles. The summed E-state index contributed by atoms with van der Waals surface area (Å²) in [6, 6.07) is 24.5. The molecule has 2 unspecified atom stereocenters. The van der Waals surface area contributed by atoms with Gasteiger partial charge in [0.1, 0.15) is 0 Å². The van der Waals surface area contributed by atoms with Crippen LogP contribution in [-0.4, -0.2) is 9.14 Å². The monoisotopic (exact) mass is 346 g/mol. The number of fused-ring (bicyclic) bond motifs is 5. The van der Waals surface area contributed by atoms with Crippen LogP contribution in [0.2, 0.25) is 0 Å². The van der Waals surface area contributed by atoms with Crippen LogP contribution in [0.25, 0.3) is 11.1 Å². The van der Waals surface area contributed by atoms with E-state index in [1.807, 2.05) is 62.4 Å². The Kier molecular flexibility index (Phi) is 2.95. The minimum absolute atomic E-state index is 0.615. The molecule has 1 saturated heterocycles. The summed E-state index contributed by atoms with van der Waals surface area (Å²) in [7, 11) is -1.26. The molecule has 1 fully saturated rings. The Bertz CT molecular complexity index is 977. The van der Waals surface area contributed by atoms with Gasteiger partial charge in [0.05, 0.1) is 10.8 Å². The maximum absolute atomic E-state index is 13.4. The Morgan fingerprint density at radius 2 is 1.32 bits per heavy atom. The van der Waals surface area contributed by atoms with Crippen molar-refractivity contribution in [2.24, 2.45) is 0 Å². The molecule has 3 heteroatoms. The average Bonchev–Trinajstić information content (AvgIpc) is 3.20. The fraction of sp³-hybridized carbons (Fsp3) is 0.182. The van der Waals surface area contributed by atoms with Crippen LogP contribution in [0.4, 0.5) is 0 Å². The van der Waals surface area contributed by atoms with Crippen LogP contribution in [0.3, 0.4) is 0 Å². The minimum atomic E-state index is -1.26. The summed E-state index contributed by atoms with van der Waals surface area (Å²) in [6.45, 7) is 4.01. The zero-order chi connectivity index (χ0) is 17.2. The molecule has 1 aliphatic heterocycles. The fourth-order valence-corrected chi connectivity index (χ4v) is 5.63. The summed E-state index contributed by atoms with van der Waals surface area (Å²) in [5.41, 5.74) is 5.16. The molecule has 3 aromatic carbocycles. The quantitative estimate of drug-likeness (QED) is 0.625. The van der Waals surface area contributed by atoms with E-state index in [0.29, 0.717) is 0 Å². The number of ether oxygens (including phenoxy) is 1. The average molecular weight is 346 g/mol. The molecule has 2 atom stereocenters. The van der Waals surface area contributed by atoms with E-state index in [1.165, 1.54) is 11.1 Å². The highest BCUT2D eigenvalue weighted by atomic mass is 32.2. The third kappa shape index (κ3) is 1.80. The zero-order valence-electron chi connectivity index (χ0n) is 14.2. The summed E-state index contributed by atoms with van der Waals surface area (Å²) >= 11 is 0. The van der Waals surface area contributed by atoms with E-state index in [2.05, 4.69) is 24.3 Å². The van der Waals surface area contributed by atoms with Gasteiger partial charge >= 0.3 is 0 Å². The van der Waals surface area contributed by atoms with Crippen molar-refractivity contribution in [2.45, 2.75) is 29.3 Å². The number of rotatable bonds is 2. The van der Waals surface area contributed by atoms with Crippen LogP contribution in [0.5, 0.6) is 0 Å². The highest BCUT2D eigenvalue weighted by molar-refractivity contribution is 7.86. The molecule has 0 aromatic heterocycles. The third-order valence-corrected chi connectivity index (χ3v) is 7.22. The summed E-state index contributed by atoms with van der Waals surface area (Å²) in [5.74, 6) is 0. The van der Waals surface area contributed by atoms with E-state index >= 15 is 0 Å². The van der Waals surface area contributed by atoms with Crippen molar-refractivity contribution in [3.63, 3.8) is 0 Å². The number of hydrogen-bond donors (Lipinski definition) is 0. The molecule has 2 nitrogen and oxygen atoms in total. The van der Waals surface area contributed by atoms with E-state index in [9.17, 15) is 4.21 Å². The SMILES string of the molecule is Cc1ccc(S(=O)C2(C)OC23c2ccccc2-c2ccccc23)cc1. The van der Waals surface area contributed by atoms with Crippen molar-refractivity contribution in [2.75, 3.05) is 0 Å². The number of aryl methyl sites for hydroxylation is 1. The summed E-state index contributed by atoms with van der Waals surface area (Å²) < 4.78 is 19.8. The molecular formula is C22H18O2S. The number of hydrogen-bond acceptors (Lipinski definition) is 2. The Labute approximate surface area is 149 Å². The van der Waals surface area contributed by atoms with Crippen molar-refractivity contribution in [1.82, 2.24) is 0 Å². The first kappa shape index (κ1) is 15.1. The van der Waals surface area contributed by atoms with Crippen LogP contribution in [-0.2, 0) is 21.1 Å². The molecule has 124 valence electrons. The molecule has 1 spiro atoms. The lowest BCUT2D eigenvalue weighted by Gasteiger charge is -2.14. The van der Waals surface area contributed by atoms with Gasteiger partial charge in [0.2, 0.25) is 0 Å². The van der Waals surface area contributed by atoms with E-state index in [4.69, 9.17) is 4.74 Å². The van der Waals surface area contributed by atoms with Crippen molar-refractivity contribution in [3.05, 3.63) is 89.5 Å². The van der Waals surface area contributed by atoms with Crippen molar-refractivity contribution >= 4 is 10.8 Å². The van der Waals surface area contributed by atoms with E-state index < -0.39 is 21.3 Å². The molecule has 0 N–H and O–H groups in total. The number of epoxide rings is 1. The van der Waals surface area contributed by atoms with Crippen LogP contribution < -0.4 is 0 Å². The van der Waals surface area contributed by atoms with Crippen LogP contribution in [0, 0.1) is 6.92 Å². The molecular weight excluding hydrogens is 328 g/mol. The van der Waals surface area contributed by atoms with Crippen molar-refractivity contribution in [3.8, 4) is 11.1 Å². The maximum atomic E-state index is 13.4. The Hall–Kier alpha value is -2.23. The van der Waals surface area contributed by atoms with Crippen molar-refractivity contribution in [1.29, 1.82) is 0 Å². The normalized spacial score (nSPS) is 23.1. The van der Waals surface area contributed by atoms with Gasteiger partial charge in [-0.05, 0) is 37.1 Å². The molecule has 1 heterocycles. The predicted molar refractivity (Wildman–Crippen MR) is 99.7 cm³/mol. The van der Waals surface area contributed by atoms with Crippen molar-refractivity contribution < 1.29 is 8.95 Å². The Balaban J connectivity index is 1.68. The van der Waals surface area contributed by atoms with Gasteiger partial charge in [-0.3, -0.25) is 4.21 Å². The smallest absolute Gasteiger partial charge is 0.183 e. The van der Waals surface area contributed by atoms with E-state index in [1.54, 1.807) is 0 Å².